The number of hydrogen-bond donors (Lipinski definition) is 2. The van der Waals surface area contributed by atoms with Crippen LogP contribution in [0.1, 0.15) is 9.67 Å². The van der Waals surface area contributed by atoms with Crippen molar-refractivity contribution in [2.45, 2.75) is 6.23 Å². The molecule has 0 saturated carbocycles. The summed E-state index contributed by atoms with van der Waals surface area (Å²) in [6.45, 7) is 0. The Bertz CT molecular complexity index is 740. The van der Waals surface area contributed by atoms with Gasteiger partial charge in [-0.15, -0.1) is 11.3 Å². The molecule has 22 heavy (non-hydrogen) atoms. The van der Waals surface area contributed by atoms with E-state index in [1.807, 2.05) is 36.4 Å². The summed E-state index contributed by atoms with van der Waals surface area (Å²) in [7, 11) is 0. The van der Waals surface area contributed by atoms with Crippen LogP contribution in [0.5, 0.6) is 0 Å². The summed E-state index contributed by atoms with van der Waals surface area (Å²) in [6, 6.07) is 13.1. The van der Waals surface area contributed by atoms with Crippen LogP contribution >= 0.6 is 27.3 Å². The summed E-state index contributed by atoms with van der Waals surface area (Å²) >= 11 is 4.71. The van der Waals surface area contributed by atoms with Crippen LogP contribution < -0.4 is 10.2 Å². The van der Waals surface area contributed by atoms with Crippen molar-refractivity contribution in [1.29, 1.82) is 0 Å². The summed E-state index contributed by atoms with van der Waals surface area (Å²) < 4.78 is 0.909. The lowest BCUT2D eigenvalue weighted by atomic mass is 10.2. The van der Waals surface area contributed by atoms with Gasteiger partial charge in [0, 0.05) is 11.9 Å². The average Bonchev–Trinajstić information content (AvgIpc) is 2.97. The molecule has 2 N–H and O–H groups in total. The molecule has 2 heterocycles. The van der Waals surface area contributed by atoms with Crippen molar-refractivity contribution in [3.05, 3.63) is 75.2 Å². The number of anilines is 1. The lowest BCUT2D eigenvalue weighted by Crippen LogP contribution is -2.34. The number of aliphatic hydroxyl groups excluding tert-OH is 1. The van der Waals surface area contributed by atoms with Gasteiger partial charge >= 0.3 is 0 Å². The molecule has 1 aliphatic rings. The van der Waals surface area contributed by atoms with Crippen molar-refractivity contribution in [1.82, 2.24) is 5.32 Å². The van der Waals surface area contributed by atoms with Crippen LogP contribution in [0, 0.1) is 0 Å². The van der Waals surface area contributed by atoms with Crippen LogP contribution in [0.4, 0.5) is 5.69 Å². The maximum Gasteiger partial charge on any atom is 0.265 e. The number of allylic oxidation sites excluding steroid dienone is 1. The van der Waals surface area contributed by atoms with Gasteiger partial charge in [0.05, 0.1) is 14.4 Å². The number of nitrogens with zero attached hydrogens (tertiary/aromatic N) is 1. The van der Waals surface area contributed by atoms with E-state index in [0.717, 1.165) is 9.47 Å². The number of hydrogen-bond acceptors (Lipinski definition) is 4. The zero-order valence-electron chi connectivity index (χ0n) is 11.4. The van der Waals surface area contributed by atoms with E-state index in [-0.39, 0.29) is 5.91 Å². The number of carbonyl (C=O) groups is 1. The smallest absolute Gasteiger partial charge is 0.265 e. The Kier molecular flexibility index (Phi) is 4.42. The number of halogens is 1. The van der Waals surface area contributed by atoms with Gasteiger partial charge in [-0.2, -0.15) is 0 Å². The molecule has 0 bridgehead atoms. The van der Waals surface area contributed by atoms with Crippen molar-refractivity contribution < 1.29 is 9.90 Å². The van der Waals surface area contributed by atoms with Gasteiger partial charge in [-0.1, -0.05) is 18.2 Å². The fourth-order valence-electron chi connectivity index (χ4n) is 2.08. The van der Waals surface area contributed by atoms with Gasteiger partial charge in [-0.3, -0.25) is 4.79 Å². The third-order valence-corrected chi connectivity index (χ3v) is 4.74. The second-order valence-electron chi connectivity index (χ2n) is 4.66. The SMILES string of the molecule is O=C(NC1=CN(c2ccccc2)C(O)C=C1)c1ccc(Br)s1. The van der Waals surface area contributed by atoms with Crippen LogP contribution in [-0.2, 0) is 0 Å². The first-order valence-corrected chi connectivity index (χ1v) is 8.22. The van der Waals surface area contributed by atoms with Crippen LogP contribution in [-0.4, -0.2) is 17.2 Å². The Morgan fingerprint density at radius 1 is 1.23 bits per heavy atom. The van der Waals surface area contributed by atoms with Crippen molar-refractivity contribution in [2.75, 3.05) is 4.90 Å². The van der Waals surface area contributed by atoms with Gasteiger partial charge in [0.2, 0.25) is 0 Å². The van der Waals surface area contributed by atoms with E-state index < -0.39 is 6.23 Å². The molecule has 1 aliphatic heterocycles. The fourth-order valence-corrected chi connectivity index (χ4v) is 3.36. The van der Waals surface area contributed by atoms with E-state index in [4.69, 9.17) is 0 Å². The second-order valence-corrected chi connectivity index (χ2v) is 7.12. The third kappa shape index (κ3) is 3.30. The highest BCUT2D eigenvalue weighted by Crippen LogP contribution is 2.23. The quantitative estimate of drug-likeness (QED) is 0.861. The second kappa shape index (κ2) is 6.48. The molecular formula is C16H13BrN2O2S. The van der Waals surface area contributed by atoms with Gasteiger partial charge in [0.15, 0.2) is 0 Å². The number of aliphatic hydroxyl groups is 1. The lowest BCUT2D eigenvalue weighted by Gasteiger charge is -2.28. The van der Waals surface area contributed by atoms with Crippen LogP contribution in [0.2, 0.25) is 0 Å². The Morgan fingerprint density at radius 3 is 2.68 bits per heavy atom. The summed E-state index contributed by atoms with van der Waals surface area (Å²) in [6.07, 6.45) is 4.30. The molecule has 4 nitrogen and oxygen atoms in total. The first kappa shape index (κ1) is 15.0. The van der Waals surface area contributed by atoms with Crippen molar-refractivity contribution in [3.8, 4) is 0 Å². The van der Waals surface area contributed by atoms with E-state index in [2.05, 4.69) is 21.2 Å². The number of nitrogens with one attached hydrogen (secondary N) is 1. The summed E-state index contributed by atoms with van der Waals surface area (Å²) in [5, 5.41) is 12.9. The van der Waals surface area contributed by atoms with E-state index in [1.54, 1.807) is 29.3 Å². The number of thiophene rings is 1. The molecular weight excluding hydrogens is 364 g/mol. The minimum Gasteiger partial charge on any atom is -0.370 e. The zero-order valence-corrected chi connectivity index (χ0v) is 13.8. The fraction of sp³-hybridized carbons (Fsp3) is 0.0625. The van der Waals surface area contributed by atoms with Gasteiger partial charge < -0.3 is 15.3 Å². The molecule has 0 spiro atoms. The monoisotopic (exact) mass is 376 g/mol. The van der Waals surface area contributed by atoms with Crippen LogP contribution in [0.15, 0.2) is 70.3 Å². The molecule has 0 radical (unpaired) electrons. The standard InChI is InChI=1S/C16H13BrN2O2S/c17-14-8-7-13(22-14)16(21)18-11-6-9-15(20)19(10-11)12-4-2-1-3-5-12/h1-10,15,20H,(H,18,21). The lowest BCUT2D eigenvalue weighted by molar-refractivity contribution is 0.0970. The predicted octanol–water partition coefficient (Wildman–Crippen LogP) is 3.48. The third-order valence-electron chi connectivity index (χ3n) is 3.12. The highest BCUT2D eigenvalue weighted by atomic mass is 79.9. The van der Waals surface area contributed by atoms with Gasteiger partial charge in [-0.05, 0) is 52.3 Å². The Morgan fingerprint density at radius 2 is 2.00 bits per heavy atom. The molecule has 0 aliphatic carbocycles. The molecule has 112 valence electrons. The maximum absolute atomic E-state index is 12.2. The molecule has 1 unspecified atom stereocenters. The Labute approximate surface area is 140 Å². The summed E-state index contributed by atoms with van der Waals surface area (Å²) in [5.41, 5.74) is 1.48. The number of benzene rings is 1. The number of amides is 1. The minimum absolute atomic E-state index is 0.170. The van der Waals surface area contributed by atoms with Gasteiger partial charge in [0.25, 0.3) is 5.91 Å². The Hall–Kier alpha value is -1.89. The van der Waals surface area contributed by atoms with Gasteiger partial charge in [0.1, 0.15) is 6.23 Å². The van der Waals surface area contributed by atoms with Crippen molar-refractivity contribution in [2.24, 2.45) is 0 Å². The normalized spacial score (nSPS) is 17.3. The molecule has 1 atom stereocenters. The molecule has 1 amide bonds. The molecule has 1 aromatic carbocycles. The molecule has 0 fully saturated rings. The van der Waals surface area contributed by atoms with Crippen molar-refractivity contribution >= 4 is 38.9 Å². The van der Waals surface area contributed by atoms with Crippen LogP contribution in [0.3, 0.4) is 0 Å². The molecule has 3 rings (SSSR count). The number of carbonyl (C=O) groups excluding carboxylic acids is 1. The first-order chi connectivity index (χ1) is 10.6. The predicted molar refractivity (Wildman–Crippen MR) is 91.6 cm³/mol. The molecule has 0 saturated heterocycles. The van der Waals surface area contributed by atoms with E-state index in [9.17, 15) is 9.90 Å². The Balaban J connectivity index is 1.79. The topological polar surface area (TPSA) is 52.6 Å². The van der Waals surface area contributed by atoms with Crippen molar-refractivity contribution in [3.63, 3.8) is 0 Å². The summed E-state index contributed by atoms with van der Waals surface area (Å²) in [5.74, 6) is -0.170. The van der Waals surface area contributed by atoms with E-state index in [1.165, 1.54) is 11.3 Å². The molecule has 2 aromatic rings. The van der Waals surface area contributed by atoms with Gasteiger partial charge in [-0.25, -0.2) is 0 Å². The summed E-state index contributed by atoms with van der Waals surface area (Å²) in [4.78, 5) is 14.5. The van der Waals surface area contributed by atoms with Crippen LogP contribution in [0.25, 0.3) is 0 Å². The molecule has 1 aromatic heterocycles. The first-order valence-electron chi connectivity index (χ1n) is 6.61. The number of para-hydroxylation sites is 1. The maximum atomic E-state index is 12.2. The largest absolute Gasteiger partial charge is 0.370 e. The molecule has 6 heteroatoms. The highest BCUT2D eigenvalue weighted by Gasteiger charge is 2.18. The average molecular weight is 377 g/mol. The van der Waals surface area contributed by atoms with E-state index >= 15 is 0 Å². The minimum atomic E-state index is -0.751. The zero-order chi connectivity index (χ0) is 15.5. The highest BCUT2D eigenvalue weighted by molar-refractivity contribution is 9.11. The van der Waals surface area contributed by atoms with E-state index in [0.29, 0.717) is 10.6 Å². The number of rotatable bonds is 3.